The van der Waals surface area contributed by atoms with Gasteiger partial charge in [-0.3, -0.25) is 19.4 Å². The van der Waals surface area contributed by atoms with Gasteiger partial charge in [0.05, 0.1) is 12.2 Å². The maximum Gasteiger partial charge on any atom is 0.274 e. The number of hydrogen-bond acceptors (Lipinski definition) is 5. The minimum atomic E-state index is -0.915. The van der Waals surface area contributed by atoms with E-state index in [0.717, 1.165) is 5.56 Å². The van der Waals surface area contributed by atoms with Crippen molar-refractivity contribution in [2.24, 2.45) is 0 Å². The molecule has 3 heterocycles. The van der Waals surface area contributed by atoms with Gasteiger partial charge in [-0.05, 0) is 29.8 Å². The van der Waals surface area contributed by atoms with Crippen LogP contribution in [-0.4, -0.2) is 37.9 Å². The van der Waals surface area contributed by atoms with Gasteiger partial charge >= 0.3 is 0 Å². The summed E-state index contributed by atoms with van der Waals surface area (Å²) in [6, 6.07) is 11.0. The lowest BCUT2D eigenvalue weighted by molar-refractivity contribution is 0.0681. The molecule has 0 spiro atoms. The first-order valence-corrected chi connectivity index (χ1v) is 9.62. The fourth-order valence-electron chi connectivity index (χ4n) is 3.42. The number of hydrogen-bond donors (Lipinski definition) is 2. The summed E-state index contributed by atoms with van der Waals surface area (Å²) in [5.74, 6) is -2.34. The van der Waals surface area contributed by atoms with Crippen molar-refractivity contribution in [3.05, 3.63) is 93.4 Å². The highest BCUT2D eigenvalue weighted by molar-refractivity contribution is 5.99. The first kappa shape index (κ1) is 20.3. The number of nitrogens with zero attached hydrogens (tertiary/aromatic N) is 3. The van der Waals surface area contributed by atoms with Gasteiger partial charge in [0.2, 0.25) is 5.43 Å². The van der Waals surface area contributed by atoms with Crippen LogP contribution in [0.25, 0.3) is 0 Å². The molecule has 2 amide bonds. The molecule has 0 saturated heterocycles. The zero-order valence-corrected chi connectivity index (χ0v) is 16.4. The topological polar surface area (TPSA) is 105 Å². The summed E-state index contributed by atoms with van der Waals surface area (Å²) < 4.78 is 14.5. The molecule has 0 unspecified atom stereocenters. The summed E-state index contributed by atoms with van der Waals surface area (Å²) >= 11 is 0. The Morgan fingerprint density at radius 1 is 1.13 bits per heavy atom. The van der Waals surface area contributed by atoms with E-state index in [1.54, 1.807) is 36.5 Å². The standard InChI is InChI=1S/C22H19FN4O4/c23-15-6-4-14(5-7-15)12-27-10-9-26-13-17(19(28)20(29)18(26)22(27)31)21(30)25-11-16-3-1-2-8-24-16/h1-8,13,29H,9-12H2,(H,25,30). The van der Waals surface area contributed by atoms with Crippen LogP contribution in [0.1, 0.15) is 32.1 Å². The Labute approximate surface area is 176 Å². The van der Waals surface area contributed by atoms with Gasteiger partial charge in [-0.1, -0.05) is 18.2 Å². The third kappa shape index (κ3) is 4.16. The first-order chi connectivity index (χ1) is 14.9. The van der Waals surface area contributed by atoms with Crippen LogP contribution in [0.4, 0.5) is 4.39 Å². The monoisotopic (exact) mass is 422 g/mol. The molecule has 1 aliphatic rings. The van der Waals surface area contributed by atoms with Gasteiger partial charge in [0, 0.05) is 32.0 Å². The van der Waals surface area contributed by atoms with E-state index in [0.29, 0.717) is 12.2 Å². The zero-order chi connectivity index (χ0) is 22.0. The fourth-order valence-corrected chi connectivity index (χ4v) is 3.42. The van der Waals surface area contributed by atoms with Gasteiger partial charge in [-0.2, -0.15) is 0 Å². The highest BCUT2D eigenvalue weighted by atomic mass is 19.1. The van der Waals surface area contributed by atoms with E-state index in [1.807, 2.05) is 0 Å². The van der Waals surface area contributed by atoms with Crippen molar-refractivity contribution in [1.82, 2.24) is 19.8 Å². The van der Waals surface area contributed by atoms with Crippen LogP contribution in [-0.2, 0) is 19.6 Å². The molecule has 0 atom stereocenters. The van der Waals surface area contributed by atoms with Crippen LogP contribution in [0.2, 0.25) is 0 Å². The molecule has 1 aromatic carbocycles. The molecular formula is C22H19FN4O4. The maximum atomic E-state index is 13.1. The number of aromatic nitrogens is 2. The number of fused-ring (bicyclic) bond motifs is 1. The number of rotatable bonds is 5. The number of carbonyl (C=O) groups excluding carboxylic acids is 2. The van der Waals surface area contributed by atoms with E-state index in [2.05, 4.69) is 10.3 Å². The Morgan fingerprint density at radius 2 is 1.90 bits per heavy atom. The van der Waals surface area contributed by atoms with Crippen molar-refractivity contribution in [2.45, 2.75) is 19.6 Å². The van der Waals surface area contributed by atoms with E-state index < -0.39 is 23.0 Å². The predicted molar refractivity (Wildman–Crippen MR) is 109 cm³/mol. The van der Waals surface area contributed by atoms with Crippen molar-refractivity contribution in [1.29, 1.82) is 0 Å². The van der Waals surface area contributed by atoms with Crippen LogP contribution in [0.3, 0.4) is 0 Å². The minimum absolute atomic E-state index is 0.117. The Hall–Kier alpha value is -4.01. The average molecular weight is 422 g/mol. The summed E-state index contributed by atoms with van der Waals surface area (Å²) in [4.78, 5) is 43.5. The first-order valence-electron chi connectivity index (χ1n) is 9.62. The van der Waals surface area contributed by atoms with Gasteiger partial charge in [-0.25, -0.2) is 4.39 Å². The fraction of sp³-hybridized carbons (Fsp3) is 0.182. The predicted octanol–water partition coefficient (Wildman–Crippen LogP) is 1.67. The molecule has 2 N–H and O–H groups in total. The van der Waals surface area contributed by atoms with Crippen LogP contribution < -0.4 is 10.7 Å². The van der Waals surface area contributed by atoms with Gasteiger partial charge in [-0.15, -0.1) is 0 Å². The van der Waals surface area contributed by atoms with Gasteiger partial charge in [0.15, 0.2) is 11.4 Å². The molecule has 0 aliphatic carbocycles. The van der Waals surface area contributed by atoms with E-state index in [1.165, 1.54) is 27.8 Å². The minimum Gasteiger partial charge on any atom is -0.503 e. The molecule has 4 rings (SSSR count). The zero-order valence-electron chi connectivity index (χ0n) is 16.4. The van der Waals surface area contributed by atoms with Crippen LogP contribution in [0.15, 0.2) is 59.7 Å². The number of carbonyl (C=O) groups is 2. The van der Waals surface area contributed by atoms with Gasteiger partial charge in [0.25, 0.3) is 11.8 Å². The lowest BCUT2D eigenvalue weighted by Gasteiger charge is -2.30. The number of aromatic hydroxyl groups is 1. The number of pyridine rings is 2. The third-order valence-corrected chi connectivity index (χ3v) is 5.04. The number of benzene rings is 1. The Bertz CT molecular complexity index is 1190. The summed E-state index contributed by atoms with van der Waals surface area (Å²) in [6.07, 6.45) is 2.88. The SMILES string of the molecule is O=C(NCc1ccccn1)c1cn2c(c(O)c1=O)C(=O)N(Cc1ccc(F)cc1)CC2. The van der Waals surface area contributed by atoms with Crippen LogP contribution >= 0.6 is 0 Å². The smallest absolute Gasteiger partial charge is 0.274 e. The summed E-state index contributed by atoms with van der Waals surface area (Å²) in [7, 11) is 0. The number of amides is 2. The summed E-state index contributed by atoms with van der Waals surface area (Å²) in [5.41, 5.74) is -0.00124. The molecule has 0 fully saturated rings. The highest BCUT2D eigenvalue weighted by Crippen LogP contribution is 2.22. The van der Waals surface area contributed by atoms with Crippen molar-refractivity contribution in [3.8, 4) is 5.75 Å². The number of halogens is 1. The van der Waals surface area contributed by atoms with Gasteiger partial charge < -0.3 is 19.9 Å². The molecule has 0 bridgehead atoms. The molecule has 2 aromatic heterocycles. The lowest BCUT2D eigenvalue weighted by atomic mass is 10.1. The molecule has 9 heteroatoms. The Morgan fingerprint density at radius 3 is 2.61 bits per heavy atom. The van der Waals surface area contributed by atoms with Crippen LogP contribution in [0.5, 0.6) is 5.75 Å². The van der Waals surface area contributed by atoms with E-state index in [4.69, 9.17) is 0 Å². The third-order valence-electron chi connectivity index (χ3n) is 5.04. The Balaban J connectivity index is 1.55. The highest BCUT2D eigenvalue weighted by Gasteiger charge is 2.30. The van der Waals surface area contributed by atoms with Crippen LogP contribution in [0, 0.1) is 5.82 Å². The second-order valence-electron chi connectivity index (χ2n) is 7.12. The normalized spacial score (nSPS) is 13.1. The molecule has 8 nitrogen and oxygen atoms in total. The quantitative estimate of drug-likeness (QED) is 0.651. The molecule has 158 valence electrons. The maximum absolute atomic E-state index is 13.1. The molecule has 0 radical (unpaired) electrons. The largest absolute Gasteiger partial charge is 0.503 e. The average Bonchev–Trinajstić information content (AvgIpc) is 2.78. The molecular weight excluding hydrogens is 403 g/mol. The van der Waals surface area contributed by atoms with E-state index >= 15 is 0 Å². The number of nitrogens with one attached hydrogen (secondary N) is 1. The van der Waals surface area contributed by atoms with Crippen molar-refractivity contribution in [3.63, 3.8) is 0 Å². The molecule has 3 aromatic rings. The Kier molecular flexibility index (Phi) is 5.48. The lowest BCUT2D eigenvalue weighted by Crippen LogP contribution is -2.42. The van der Waals surface area contributed by atoms with Crippen molar-refractivity contribution < 1.29 is 19.1 Å². The summed E-state index contributed by atoms with van der Waals surface area (Å²) in [5, 5.41) is 13.0. The van der Waals surface area contributed by atoms with E-state index in [9.17, 15) is 23.9 Å². The second kappa shape index (κ2) is 8.39. The van der Waals surface area contributed by atoms with E-state index in [-0.39, 0.29) is 36.7 Å². The van der Waals surface area contributed by atoms with Gasteiger partial charge in [0.1, 0.15) is 11.4 Å². The molecule has 0 saturated carbocycles. The molecule has 31 heavy (non-hydrogen) atoms. The molecule has 1 aliphatic heterocycles. The van der Waals surface area contributed by atoms with Crippen molar-refractivity contribution >= 4 is 11.8 Å². The van der Waals surface area contributed by atoms with Crippen molar-refractivity contribution in [2.75, 3.05) is 6.54 Å². The summed E-state index contributed by atoms with van der Waals surface area (Å²) in [6.45, 7) is 0.919. The second-order valence-corrected chi connectivity index (χ2v) is 7.12.